The van der Waals surface area contributed by atoms with E-state index in [0.29, 0.717) is 12.1 Å². The molecule has 0 atom stereocenters. The molecule has 122 valence electrons. The van der Waals surface area contributed by atoms with E-state index in [-0.39, 0.29) is 43.2 Å². The van der Waals surface area contributed by atoms with Crippen LogP contribution in [0.25, 0.3) is 0 Å². The predicted octanol–water partition coefficient (Wildman–Crippen LogP) is 1.86. The number of esters is 1. The van der Waals surface area contributed by atoms with Gasteiger partial charge in [0.15, 0.2) is 11.6 Å². The molecule has 6 heteroatoms. The molecule has 0 aromatic heterocycles. The summed E-state index contributed by atoms with van der Waals surface area (Å²) in [5.41, 5.74) is 3.26. The Morgan fingerprint density at radius 1 is 1.32 bits per heavy atom. The van der Waals surface area contributed by atoms with E-state index in [1.165, 1.54) is 0 Å². The van der Waals surface area contributed by atoms with Gasteiger partial charge in [-0.15, -0.1) is 6.58 Å². The summed E-state index contributed by atoms with van der Waals surface area (Å²) in [4.78, 5) is 41.4. The van der Waals surface area contributed by atoms with Gasteiger partial charge in [0, 0.05) is 12.8 Å². The van der Waals surface area contributed by atoms with E-state index in [4.69, 9.17) is 9.57 Å². The van der Waals surface area contributed by atoms with Crippen molar-refractivity contribution < 1.29 is 24.0 Å². The predicted molar refractivity (Wildman–Crippen MR) is 80.6 cm³/mol. The molecule has 0 heterocycles. The fraction of sp³-hybridized carbons (Fsp3) is 0.562. The first-order chi connectivity index (χ1) is 10.5. The van der Waals surface area contributed by atoms with Crippen molar-refractivity contribution in [2.24, 2.45) is 5.92 Å². The molecule has 1 N–H and O–H groups in total. The van der Waals surface area contributed by atoms with E-state index in [0.717, 1.165) is 6.42 Å². The Kier molecular flexibility index (Phi) is 7.52. The van der Waals surface area contributed by atoms with Gasteiger partial charge in [0.05, 0.1) is 30.4 Å². The molecule has 1 aliphatic carbocycles. The number of nitrogens with one attached hydrogen (secondary N) is 1. The number of carbonyl (C=O) groups excluding carboxylic acids is 3. The molecular weight excluding hydrogens is 286 g/mol. The number of ether oxygens (including phenoxy) is 1. The van der Waals surface area contributed by atoms with Crippen LogP contribution >= 0.6 is 0 Å². The maximum absolute atomic E-state index is 12.3. The van der Waals surface area contributed by atoms with Crippen LogP contribution in [0.15, 0.2) is 23.9 Å². The van der Waals surface area contributed by atoms with E-state index >= 15 is 0 Å². The molecule has 0 amide bonds. The van der Waals surface area contributed by atoms with E-state index in [2.05, 4.69) is 12.1 Å². The van der Waals surface area contributed by atoms with Crippen LogP contribution in [0.4, 0.5) is 0 Å². The van der Waals surface area contributed by atoms with Crippen molar-refractivity contribution in [3.05, 3.63) is 23.9 Å². The number of Topliss-reactive ketones (excluding diaryl/α,β-unsaturated/α-hetero) is 2. The average molecular weight is 309 g/mol. The highest BCUT2D eigenvalue weighted by Gasteiger charge is 2.37. The third kappa shape index (κ3) is 4.80. The lowest BCUT2D eigenvalue weighted by Gasteiger charge is -2.23. The molecule has 1 rings (SSSR count). The van der Waals surface area contributed by atoms with Gasteiger partial charge in [-0.2, -0.15) is 0 Å². The lowest BCUT2D eigenvalue weighted by atomic mass is 9.82. The van der Waals surface area contributed by atoms with Crippen LogP contribution in [-0.2, 0) is 24.0 Å². The summed E-state index contributed by atoms with van der Waals surface area (Å²) >= 11 is 0. The second-order valence-corrected chi connectivity index (χ2v) is 5.01. The molecule has 0 aliphatic heterocycles. The first-order valence-electron chi connectivity index (χ1n) is 7.49. The minimum Gasteiger partial charge on any atom is -0.466 e. The van der Waals surface area contributed by atoms with E-state index in [1.807, 2.05) is 6.92 Å². The van der Waals surface area contributed by atoms with Crippen LogP contribution in [0, 0.1) is 5.92 Å². The third-order valence-electron chi connectivity index (χ3n) is 3.24. The Bertz CT molecular complexity index is 461. The molecule has 0 bridgehead atoms. The highest BCUT2D eigenvalue weighted by Crippen LogP contribution is 2.26. The summed E-state index contributed by atoms with van der Waals surface area (Å²) in [7, 11) is 0. The van der Waals surface area contributed by atoms with E-state index in [9.17, 15) is 14.4 Å². The second-order valence-electron chi connectivity index (χ2n) is 5.01. The molecule has 0 aromatic carbocycles. The molecule has 0 aromatic rings. The standard InChI is InChI=1S/C16H23NO5/c1-4-7-12(17-22-8-5-2)15-13(18)9-11(10-14(15)19)16(20)21-6-3/h5,11,17H,2,4,6-10H2,1,3H3. The zero-order valence-corrected chi connectivity index (χ0v) is 13.1. The number of rotatable bonds is 8. The number of ketones is 2. The van der Waals surface area contributed by atoms with Crippen LogP contribution in [0.3, 0.4) is 0 Å². The molecule has 22 heavy (non-hydrogen) atoms. The zero-order chi connectivity index (χ0) is 16.5. The minimum atomic E-state index is -0.680. The highest BCUT2D eigenvalue weighted by molar-refractivity contribution is 6.23. The van der Waals surface area contributed by atoms with Gasteiger partial charge < -0.3 is 4.74 Å². The normalized spacial score (nSPS) is 18.1. The Labute approximate surface area is 130 Å². The Morgan fingerprint density at radius 2 is 1.95 bits per heavy atom. The van der Waals surface area contributed by atoms with Gasteiger partial charge in [0.1, 0.15) is 0 Å². The number of hydrogen-bond donors (Lipinski definition) is 1. The largest absolute Gasteiger partial charge is 0.466 e. The Balaban J connectivity index is 2.90. The quantitative estimate of drug-likeness (QED) is 0.184. The topological polar surface area (TPSA) is 81.7 Å². The summed E-state index contributed by atoms with van der Waals surface area (Å²) in [6.07, 6.45) is 2.83. The molecule has 0 saturated heterocycles. The van der Waals surface area contributed by atoms with E-state index < -0.39 is 11.9 Å². The van der Waals surface area contributed by atoms with Gasteiger partial charge in [0.2, 0.25) is 0 Å². The van der Waals surface area contributed by atoms with Gasteiger partial charge in [-0.1, -0.05) is 19.4 Å². The second kappa shape index (κ2) is 9.15. The lowest BCUT2D eigenvalue weighted by molar-refractivity contribution is -0.151. The molecule has 0 radical (unpaired) electrons. The number of hydrogen-bond acceptors (Lipinski definition) is 6. The smallest absolute Gasteiger partial charge is 0.309 e. The molecule has 1 saturated carbocycles. The summed E-state index contributed by atoms with van der Waals surface area (Å²) in [5.74, 6) is -1.85. The lowest BCUT2D eigenvalue weighted by Crippen LogP contribution is -2.34. The Morgan fingerprint density at radius 3 is 2.45 bits per heavy atom. The van der Waals surface area contributed by atoms with Crippen LogP contribution in [0.5, 0.6) is 0 Å². The third-order valence-corrected chi connectivity index (χ3v) is 3.24. The van der Waals surface area contributed by atoms with Crippen molar-refractivity contribution in [1.29, 1.82) is 0 Å². The highest BCUT2D eigenvalue weighted by atomic mass is 16.6. The summed E-state index contributed by atoms with van der Waals surface area (Å²) in [6.45, 7) is 7.65. The van der Waals surface area contributed by atoms with Gasteiger partial charge in [-0.05, 0) is 13.3 Å². The SMILES string of the molecule is C=CCONC(CCC)=C1C(=O)CC(C(=O)OCC)CC1=O. The molecule has 0 unspecified atom stereocenters. The van der Waals surface area contributed by atoms with Crippen LogP contribution in [0.2, 0.25) is 0 Å². The van der Waals surface area contributed by atoms with Gasteiger partial charge in [-0.3, -0.25) is 24.7 Å². The molecule has 6 nitrogen and oxygen atoms in total. The molecule has 1 aliphatic rings. The zero-order valence-electron chi connectivity index (χ0n) is 13.1. The number of allylic oxidation sites excluding steroid dienone is 2. The van der Waals surface area contributed by atoms with Gasteiger partial charge >= 0.3 is 5.97 Å². The number of hydroxylamine groups is 1. The maximum atomic E-state index is 12.3. The molecule has 1 fully saturated rings. The van der Waals surface area contributed by atoms with Crippen molar-refractivity contribution in [3.8, 4) is 0 Å². The maximum Gasteiger partial charge on any atom is 0.309 e. The first-order valence-corrected chi connectivity index (χ1v) is 7.49. The van der Waals surface area contributed by atoms with E-state index in [1.54, 1.807) is 13.0 Å². The van der Waals surface area contributed by atoms with Crippen molar-refractivity contribution in [2.45, 2.75) is 39.5 Å². The molecular formula is C16H23NO5. The fourth-order valence-electron chi connectivity index (χ4n) is 2.31. The van der Waals surface area contributed by atoms with Crippen LogP contribution < -0.4 is 5.48 Å². The summed E-state index contributed by atoms with van der Waals surface area (Å²) < 4.78 is 4.89. The Hall–Kier alpha value is -1.95. The summed E-state index contributed by atoms with van der Waals surface area (Å²) in [5, 5.41) is 0. The monoisotopic (exact) mass is 309 g/mol. The van der Waals surface area contributed by atoms with Crippen molar-refractivity contribution >= 4 is 17.5 Å². The average Bonchev–Trinajstić information content (AvgIpc) is 2.47. The van der Waals surface area contributed by atoms with Crippen molar-refractivity contribution in [1.82, 2.24) is 5.48 Å². The minimum absolute atomic E-state index is 0.00371. The van der Waals surface area contributed by atoms with Crippen LogP contribution in [-0.4, -0.2) is 30.7 Å². The fourth-order valence-corrected chi connectivity index (χ4v) is 2.31. The molecule has 0 spiro atoms. The van der Waals surface area contributed by atoms with Crippen LogP contribution in [0.1, 0.15) is 39.5 Å². The van der Waals surface area contributed by atoms with Crippen molar-refractivity contribution in [3.63, 3.8) is 0 Å². The summed E-state index contributed by atoms with van der Waals surface area (Å²) in [6, 6.07) is 0. The first kappa shape index (κ1) is 18.1. The van der Waals surface area contributed by atoms with Gasteiger partial charge in [0.25, 0.3) is 0 Å². The number of carbonyl (C=O) groups is 3. The van der Waals surface area contributed by atoms with Gasteiger partial charge in [-0.25, -0.2) is 0 Å². The van der Waals surface area contributed by atoms with Crippen molar-refractivity contribution in [2.75, 3.05) is 13.2 Å².